The first-order valence-electron chi connectivity index (χ1n) is 3.63. The van der Waals surface area contributed by atoms with Crippen LogP contribution in [0.15, 0.2) is 0 Å². The largest absolute Gasteiger partial charge is 1.00 e. The van der Waals surface area contributed by atoms with Crippen LogP contribution >= 0.6 is 0 Å². The summed E-state index contributed by atoms with van der Waals surface area (Å²) in [5, 5.41) is 6.21. The van der Waals surface area contributed by atoms with Crippen LogP contribution in [0.1, 0.15) is 16.2 Å². The molecule has 0 aliphatic heterocycles. The molecule has 0 spiro atoms. The van der Waals surface area contributed by atoms with Crippen molar-refractivity contribution in [3.05, 3.63) is 0 Å². The molecule has 1 unspecified atom stereocenters. The molecule has 0 radical (unpaired) electrons. The molecule has 0 fully saturated rings. The Balaban J connectivity index is -0.000000141. The number of hydrogen-bond donors (Lipinski definition) is 2. The number of carbonyl (C=O) groups excluding carboxylic acids is 1. The van der Waals surface area contributed by atoms with Crippen LogP contribution in [0.3, 0.4) is 0 Å². The maximum absolute atomic E-state index is 10.7. The smallest absolute Gasteiger partial charge is 1.00 e. The van der Waals surface area contributed by atoms with Gasteiger partial charge in [0.25, 0.3) is 10.1 Å². The van der Waals surface area contributed by atoms with E-state index in [2.05, 4.69) is 4.74 Å². The van der Waals surface area contributed by atoms with E-state index in [-0.39, 0.29) is 68.6 Å². The average Bonchev–Trinajstić information content (AvgIpc) is 1.98. The fraction of sp³-hybridized carbons (Fsp3) is 0.667. The number of carbonyl (C=O) groups is 2. The van der Waals surface area contributed by atoms with Crippen LogP contribution in [-0.4, -0.2) is 41.9 Å². The van der Waals surface area contributed by atoms with Crippen LogP contribution in [0.2, 0.25) is 0 Å². The summed E-state index contributed by atoms with van der Waals surface area (Å²) in [7, 11) is -4.78. The molecule has 0 aromatic rings. The van der Waals surface area contributed by atoms with Gasteiger partial charge >= 0.3 is 71.1 Å². The average molecular weight is 274 g/mol. The molecule has 0 aliphatic rings. The molecule has 0 aliphatic carbocycles. The van der Waals surface area contributed by atoms with Crippen LogP contribution in [0.4, 0.5) is 0 Å². The number of aliphatic carboxylic acids is 1. The number of hydrogen-bond acceptors (Lipinski definition) is 5. The van der Waals surface area contributed by atoms with Gasteiger partial charge in [-0.05, 0) is 6.92 Å². The number of carboxylic acids is 1. The minimum atomic E-state index is -4.78. The molecule has 10 heteroatoms. The molecule has 0 saturated carbocycles. The van der Waals surface area contributed by atoms with E-state index in [0.717, 1.165) is 0 Å². The minimum absolute atomic E-state index is 0. The zero-order valence-electron chi connectivity index (χ0n) is 11.3. The third kappa shape index (κ3) is 8.94. The first-order chi connectivity index (χ1) is 6.29. The summed E-state index contributed by atoms with van der Waals surface area (Å²) in [6.07, 6.45) is -0.901. The van der Waals surface area contributed by atoms with Gasteiger partial charge in [-0.1, -0.05) is 0 Å². The van der Waals surface area contributed by atoms with Crippen LogP contribution in [-0.2, 0) is 24.4 Å². The molecule has 0 aromatic carbocycles. The molecular formula is C6H12Na2O7S. The maximum atomic E-state index is 10.7. The number of ether oxygens (including phenoxy) is 1. The Morgan fingerprint density at radius 3 is 2.06 bits per heavy atom. The first kappa shape index (κ1) is 22.1. The maximum Gasteiger partial charge on any atom is 1.00 e. The topological polar surface area (TPSA) is 118 Å². The molecule has 7 nitrogen and oxygen atoms in total. The van der Waals surface area contributed by atoms with Crippen LogP contribution in [0.5, 0.6) is 0 Å². The third-order valence-corrected chi connectivity index (χ3v) is 2.38. The van der Waals surface area contributed by atoms with Gasteiger partial charge in [-0.15, -0.1) is 0 Å². The Morgan fingerprint density at radius 2 is 1.81 bits per heavy atom. The van der Waals surface area contributed by atoms with Gasteiger partial charge in [0.05, 0.1) is 13.0 Å². The van der Waals surface area contributed by atoms with Gasteiger partial charge in [-0.2, -0.15) is 8.42 Å². The Morgan fingerprint density at radius 1 is 1.38 bits per heavy atom. The molecule has 1 atom stereocenters. The number of esters is 1. The molecule has 0 bridgehead atoms. The second kappa shape index (κ2) is 9.84. The summed E-state index contributed by atoms with van der Waals surface area (Å²) >= 11 is 0. The van der Waals surface area contributed by atoms with Gasteiger partial charge in [0.15, 0.2) is 5.25 Å². The minimum Gasteiger partial charge on any atom is -1.00 e. The Hall–Kier alpha value is 0.850. The van der Waals surface area contributed by atoms with E-state index >= 15 is 0 Å². The normalized spacial score (nSPS) is 11.6. The van der Waals surface area contributed by atoms with Crippen molar-refractivity contribution >= 4 is 22.1 Å². The summed E-state index contributed by atoms with van der Waals surface area (Å²) in [4.78, 5) is 21.1. The van der Waals surface area contributed by atoms with Crippen LogP contribution < -0.4 is 59.1 Å². The van der Waals surface area contributed by atoms with Crippen molar-refractivity contribution in [2.24, 2.45) is 0 Å². The van der Waals surface area contributed by atoms with E-state index in [1.807, 2.05) is 0 Å². The molecule has 2 N–H and O–H groups in total. The van der Waals surface area contributed by atoms with Crippen molar-refractivity contribution in [2.45, 2.75) is 18.6 Å². The molecule has 86 valence electrons. The van der Waals surface area contributed by atoms with Crippen molar-refractivity contribution in [1.82, 2.24) is 0 Å². The SMILES string of the molecule is CCOC(=O)CC(C(=O)O)S(=O)(=O)O.[H-].[H-].[Na+].[Na+]. The van der Waals surface area contributed by atoms with Crippen LogP contribution in [0.25, 0.3) is 0 Å². The second-order valence-corrected chi connectivity index (χ2v) is 3.95. The molecular weight excluding hydrogens is 262 g/mol. The van der Waals surface area contributed by atoms with E-state index < -0.39 is 33.7 Å². The summed E-state index contributed by atoms with van der Waals surface area (Å²) in [6.45, 7) is 1.50. The van der Waals surface area contributed by atoms with E-state index in [0.29, 0.717) is 0 Å². The zero-order valence-corrected chi connectivity index (χ0v) is 14.2. The van der Waals surface area contributed by atoms with Gasteiger partial charge < -0.3 is 12.7 Å². The predicted octanol–water partition coefficient (Wildman–Crippen LogP) is -6.49. The fourth-order valence-corrected chi connectivity index (χ4v) is 1.29. The number of rotatable bonds is 5. The van der Waals surface area contributed by atoms with Crippen molar-refractivity contribution in [3.63, 3.8) is 0 Å². The zero-order chi connectivity index (χ0) is 11.4. The van der Waals surface area contributed by atoms with Gasteiger partial charge in [-0.3, -0.25) is 14.1 Å². The quantitative estimate of drug-likeness (QED) is 0.291. The molecule has 0 heterocycles. The van der Waals surface area contributed by atoms with Gasteiger partial charge in [0.2, 0.25) is 0 Å². The van der Waals surface area contributed by atoms with Crippen molar-refractivity contribution in [1.29, 1.82) is 0 Å². The molecule has 16 heavy (non-hydrogen) atoms. The van der Waals surface area contributed by atoms with E-state index in [1.165, 1.54) is 6.92 Å². The fourth-order valence-electron chi connectivity index (χ4n) is 0.691. The Labute approximate surface area is 140 Å². The summed E-state index contributed by atoms with van der Waals surface area (Å²) < 4.78 is 33.7. The summed E-state index contributed by atoms with van der Waals surface area (Å²) in [5.74, 6) is -2.78. The predicted molar refractivity (Wildman–Crippen MR) is 46.4 cm³/mol. The van der Waals surface area contributed by atoms with Crippen LogP contribution in [0, 0.1) is 0 Å². The van der Waals surface area contributed by atoms with Crippen molar-refractivity contribution < 1.29 is 94.4 Å². The van der Waals surface area contributed by atoms with Crippen molar-refractivity contribution in [3.8, 4) is 0 Å². The standard InChI is InChI=1S/C6H10O7S.2Na.2H/c1-2-13-5(7)3-4(6(8)9)14(10,11)12;;;;/h4H,2-3H2,1H3,(H,8,9)(H,10,11,12);;;;/q;2*+1;2*-1. The van der Waals surface area contributed by atoms with E-state index in [9.17, 15) is 18.0 Å². The molecule has 0 amide bonds. The van der Waals surface area contributed by atoms with Crippen molar-refractivity contribution in [2.75, 3.05) is 6.61 Å². The Kier molecular flexibility index (Phi) is 13.6. The number of carboxylic acid groups (broad SMARTS) is 1. The first-order valence-corrected chi connectivity index (χ1v) is 5.14. The summed E-state index contributed by atoms with van der Waals surface area (Å²) in [5.41, 5.74) is 0. The molecule has 0 saturated heterocycles. The van der Waals surface area contributed by atoms with Gasteiger partial charge in [0.1, 0.15) is 0 Å². The molecule has 0 rings (SSSR count). The van der Waals surface area contributed by atoms with E-state index in [4.69, 9.17) is 9.66 Å². The van der Waals surface area contributed by atoms with E-state index in [1.54, 1.807) is 0 Å². The Bertz CT molecular complexity index is 335. The second-order valence-electron chi connectivity index (χ2n) is 2.35. The summed E-state index contributed by atoms with van der Waals surface area (Å²) in [6, 6.07) is 0. The monoisotopic (exact) mass is 274 g/mol. The molecule has 0 aromatic heterocycles. The van der Waals surface area contributed by atoms with Gasteiger partial charge in [-0.25, -0.2) is 0 Å². The van der Waals surface area contributed by atoms with Gasteiger partial charge in [0, 0.05) is 0 Å². The third-order valence-electron chi connectivity index (χ3n) is 1.29.